The first kappa shape index (κ1) is 14.6. The lowest BCUT2D eigenvalue weighted by molar-refractivity contribution is -0.122. The molecule has 0 fully saturated rings. The van der Waals surface area contributed by atoms with E-state index < -0.39 is 6.04 Å². The Morgan fingerprint density at radius 3 is 2.72 bits per heavy atom. The number of nitrogens with two attached hydrogens (primary N) is 1. The van der Waals surface area contributed by atoms with Crippen molar-refractivity contribution >= 4 is 5.91 Å². The Hall–Kier alpha value is -1.48. The van der Waals surface area contributed by atoms with Crippen molar-refractivity contribution in [3.8, 4) is 0 Å². The minimum Gasteiger partial charge on any atom is -0.316 e. The van der Waals surface area contributed by atoms with Gasteiger partial charge in [-0.25, -0.2) is 0 Å². The Morgan fingerprint density at radius 2 is 2.06 bits per heavy atom. The quantitative estimate of drug-likeness (QED) is 0.548. The maximum absolute atomic E-state index is 11.8. The van der Waals surface area contributed by atoms with Crippen molar-refractivity contribution in [2.24, 2.45) is 5.73 Å². The summed E-state index contributed by atoms with van der Waals surface area (Å²) in [6, 6.07) is 8.86. The van der Waals surface area contributed by atoms with E-state index in [0.717, 1.165) is 12.0 Å². The fraction of sp³-hybridized carbons (Fsp3) is 0.467. The molecule has 0 heterocycles. The third-order valence-electron chi connectivity index (χ3n) is 2.87. The predicted molar refractivity (Wildman–Crippen MR) is 74.8 cm³/mol. The van der Waals surface area contributed by atoms with Crippen molar-refractivity contribution < 1.29 is 4.79 Å². The molecule has 0 aliphatic heterocycles. The molecule has 3 N–H and O–H groups in total. The third-order valence-corrected chi connectivity index (χ3v) is 2.87. The number of nitrogens with one attached hydrogen (secondary N) is 1. The number of benzene rings is 1. The molecule has 0 saturated carbocycles. The Bertz CT molecular complexity index is 338. The van der Waals surface area contributed by atoms with Gasteiger partial charge in [-0.05, 0) is 18.4 Å². The van der Waals surface area contributed by atoms with Gasteiger partial charge in [-0.3, -0.25) is 4.79 Å². The van der Waals surface area contributed by atoms with Gasteiger partial charge in [0, 0.05) is 0 Å². The van der Waals surface area contributed by atoms with Crippen LogP contribution in [0, 0.1) is 6.42 Å². The molecule has 1 rings (SSSR count). The lowest BCUT2D eigenvalue weighted by Crippen LogP contribution is -2.34. The SMILES string of the molecule is CCCCC[CH+]CNC(=O)C(N)c1ccccc1. The molecule has 0 bridgehead atoms. The van der Waals surface area contributed by atoms with Crippen molar-refractivity contribution in [1.82, 2.24) is 5.32 Å². The van der Waals surface area contributed by atoms with Crippen molar-refractivity contribution in [2.45, 2.75) is 38.6 Å². The van der Waals surface area contributed by atoms with Crippen LogP contribution in [0.25, 0.3) is 0 Å². The van der Waals surface area contributed by atoms with Crippen LogP contribution in [-0.4, -0.2) is 12.5 Å². The van der Waals surface area contributed by atoms with E-state index in [0.29, 0.717) is 6.54 Å². The molecule has 98 valence electrons. The molecule has 18 heavy (non-hydrogen) atoms. The molecule has 3 heteroatoms. The van der Waals surface area contributed by atoms with Crippen LogP contribution in [0.15, 0.2) is 30.3 Å². The van der Waals surface area contributed by atoms with Gasteiger partial charge in [0.15, 0.2) is 6.54 Å². The summed E-state index contributed by atoms with van der Waals surface area (Å²) in [5, 5.41) is 2.84. The van der Waals surface area contributed by atoms with Crippen LogP contribution >= 0.6 is 0 Å². The standard InChI is InChI=1S/C15H22N2O/c1-2-3-4-5-9-12-17-15(18)14(16)13-10-7-6-8-11-13/h6-11,14H,2-5,12,16H2,1H3/p+1. The van der Waals surface area contributed by atoms with Crippen LogP contribution in [0.1, 0.15) is 44.2 Å². The summed E-state index contributed by atoms with van der Waals surface area (Å²) in [7, 11) is 0. The van der Waals surface area contributed by atoms with Gasteiger partial charge in [0.2, 0.25) is 5.91 Å². The molecular weight excluding hydrogens is 224 g/mol. The number of rotatable bonds is 8. The van der Waals surface area contributed by atoms with Crippen LogP contribution < -0.4 is 11.1 Å². The highest BCUT2D eigenvalue weighted by Gasteiger charge is 2.15. The first-order valence-corrected chi connectivity index (χ1v) is 6.65. The zero-order valence-electron chi connectivity index (χ0n) is 11.1. The molecule has 1 aromatic carbocycles. The van der Waals surface area contributed by atoms with Crippen LogP contribution in [0.3, 0.4) is 0 Å². The highest BCUT2D eigenvalue weighted by atomic mass is 16.2. The molecule has 3 nitrogen and oxygen atoms in total. The van der Waals surface area contributed by atoms with Gasteiger partial charge in [0.25, 0.3) is 0 Å². The molecule has 1 amide bonds. The van der Waals surface area contributed by atoms with E-state index in [-0.39, 0.29) is 5.91 Å². The Balaban J connectivity index is 2.20. The molecule has 0 aliphatic rings. The van der Waals surface area contributed by atoms with Crippen molar-refractivity contribution in [2.75, 3.05) is 6.54 Å². The second kappa shape index (κ2) is 8.59. The lowest BCUT2D eigenvalue weighted by Gasteiger charge is -2.10. The van der Waals surface area contributed by atoms with Crippen molar-refractivity contribution in [1.29, 1.82) is 0 Å². The molecule has 0 aliphatic carbocycles. The minimum absolute atomic E-state index is 0.118. The topological polar surface area (TPSA) is 55.1 Å². The van der Waals surface area contributed by atoms with Crippen LogP contribution in [-0.2, 0) is 4.79 Å². The highest BCUT2D eigenvalue weighted by Crippen LogP contribution is 2.09. The van der Waals surface area contributed by atoms with Crippen LogP contribution in [0.4, 0.5) is 0 Å². The molecular formula is C15H23N2O+. The maximum atomic E-state index is 11.8. The largest absolute Gasteiger partial charge is 0.316 e. The number of unbranched alkanes of at least 4 members (excludes halogenated alkanes) is 4. The second-order valence-corrected chi connectivity index (χ2v) is 4.42. The van der Waals surface area contributed by atoms with Crippen LogP contribution in [0.2, 0.25) is 0 Å². The van der Waals surface area contributed by atoms with Gasteiger partial charge in [0.1, 0.15) is 6.04 Å². The summed E-state index contributed by atoms with van der Waals surface area (Å²) in [5.74, 6) is -0.118. The fourth-order valence-electron chi connectivity index (χ4n) is 1.74. The van der Waals surface area contributed by atoms with Gasteiger partial charge in [0.05, 0.1) is 12.8 Å². The van der Waals surface area contributed by atoms with Crippen LogP contribution in [0.5, 0.6) is 0 Å². The number of carbonyl (C=O) groups is 1. The van der Waals surface area contributed by atoms with Gasteiger partial charge in [-0.15, -0.1) is 0 Å². The summed E-state index contributed by atoms with van der Waals surface area (Å²) in [6.45, 7) is 2.78. The molecule has 0 radical (unpaired) electrons. The minimum atomic E-state index is -0.574. The monoisotopic (exact) mass is 247 g/mol. The number of amides is 1. The number of hydrogen-bond acceptors (Lipinski definition) is 2. The number of hydrogen-bond donors (Lipinski definition) is 2. The predicted octanol–water partition coefficient (Wildman–Crippen LogP) is 2.59. The Morgan fingerprint density at radius 1 is 1.33 bits per heavy atom. The smallest absolute Gasteiger partial charge is 0.244 e. The zero-order valence-corrected chi connectivity index (χ0v) is 11.1. The first-order chi connectivity index (χ1) is 8.75. The molecule has 1 aromatic rings. The number of carbonyl (C=O) groups excluding carboxylic acids is 1. The van der Waals surface area contributed by atoms with E-state index in [1.54, 1.807) is 0 Å². The van der Waals surface area contributed by atoms with E-state index in [4.69, 9.17) is 5.73 Å². The normalized spacial score (nSPS) is 11.9. The van der Waals surface area contributed by atoms with E-state index in [2.05, 4.69) is 18.7 Å². The molecule has 0 saturated heterocycles. The summed E-state index contributed by atoms with van der Waals surface area (Å²) >= 11 is 0. The Labute approximate surface area is 110 Å². The van der Waals surface area contributed by atoms with Gasteiger partial charge in [-0.2, -0.15) is 0 Å². The van der Waals surface area contributed by atoms with Gasteiger partial charge >= 0.3 is 0 Å². The molecule has 0 spiro atoms. The molecule has 1 atom stereocenters. The van der Waals surface area contributed by atoms with Gasteiger partial charge < -0.3 is 11.1 Å². The zero-order chi connectivity index (χ0) is 13.2. The average Bonchev–Trinajstić information content (AvgIpc) is 2.42. The third kappa shape index (κ3) is 5.23. The Kier molecular flexibility index (Phi) is 6.96. The highest BCUT2D eigenvalue weighted by molar-refractivity contribution is 5.82. The average molecular weight is 247 g/mol. The molecule has 0 aromatic heterocycles. The maximum Gasteiger partial charge on any atom is 0.244 e. The fourth-order valence-corrected chi connectivity index (χ4v) is 1.74. The molecule has 1 unspecified atom stereocenters. The van der Waals surface area contributed by atoms with E-state index in [1.165, 1.54) is 19.3 Å². The van der Waals surface area contributed by atoms with Crippen molar-refractivity contribution in [3.05, 3.63) is 42.3 Å². The summed E-state index contributed by atoms with van der Waals surface area (Å²) in [6.07, 6.45) is 6.81. The first-order valence-electron chi connectivity index (χ1n) is 6.65. The second-order valence-electron chi connectivity index (χ2n) is 4.42. The summed E-state index contributed by atoms with van der Waals surface area (Å²) in [4.78, 5) is 11.8. The van der Waals surface area contributed by atoms with E-state index in [1.807, 2.05) is 30.3 Å². The van der Waals surface area contributed by atoms with E-state index in [9.17, 15) is 4.79 Å². The van der Waals surface area contributed by atoms with E-state index >= 15 is 0 Å². The lowest BCUT2D eigenvalue weighted by atomic mass is 10.1. The summed E-state index contributed by atoms with van der Waals surface area (Å²) < 4.78 is 0. The summed E-state index contributed by atoms with van der Waals surface area (Å²) in [5.41, 5.74) is 6.72. The van der Waals surface area contributed by atoms with Crippen molar-refractivity contribution in [3.63, 3.8) is 0 Å². The van der Waals surface area contributed by atoms with Gasteiger partial charge in [-0.1, -0.05) is 43.7 Å².